The molecule has 2 heterocycles. The minimum Gasteiger partial charge on any atom is -0.497 e. The third-order valence-electron chi connectivity index (χ3n) is 7.87. The summed E-state index contributed by atoms with van der Waals surface area (Å²) in [5.74, 6) is -0.615. The smallest absolute Gasteiger partial charge is 0.306 e. The number of hydrogen-bond donors (Lipinski definition) is 2. The number of benzene rings is 2. The van der Waals surface area contributed by atoms with E-state index in [1.807, 2.05) is 44.2 Å². The molecule has 43 heavy (non-hydrogen) atoms. The lowest BCUT2D eigenvalue weighted by molar-refractivity contribution is -0.153. The fourth-order valence-corrected chi connectivity index (χ4v) is 7.45. The first-order chi connectivity index (χ1) is 20.5. The van der Waals surface area contributed by atoms with Crippen molar-refractivity contribution in [2.75, 3.05) is 33.4 Å². The van der Waals surface area contributed by atoms with Crippen LogP contribution in [0.15, 0.2) is 59.5 Å². The van der Waals surface area contributed by atoms with E-state index in [-0.39, 0.29) is 54.9 Å². The van der Waals surface area contributed by atoms with Crippen molar-refractivity contribution in [1.82, 2.24) is 9.62 Å². The van der Waals surface area contributed by atoms with Gasteiger partial charge in [0, 0.05) is 31.1 Å². The second-order valence-corrected chi connectivity index (χ2v) is 14.1. The second-order valence-electron chi connectivity index (χ2n) is 12.2. The molecular formula is C32H46N2O8S. The Balaban J connectivity index is 1.51. The minimum atomic E-state index is -3.93. The van der Waals surface area contributed by atoms with E-state index in [1.54, 1.807) is 12.1 Å². The van der Waals surface area contributed by atoms with E-state index in [9.17, 15) is 18.3 Å². The molecule has 0 saturated carbocycles. The average molecular weight is 619 g/mol. The van der Waals surface area contributed by atoms with Crippen LogP contribution in [0.3, 0.4) is 0 Å². The number of hydrogen-bond acceptors (Lipinski definition) is 9. The summed E-state index contributed by atoms with van der Waals surface area (Å²) in [5.41, 5.74) is 0.933. The Kier molecular flexibility index (Phi) is 11.6. The maximum absolute atomic E-state index is 13.7. The number of ether oxygens (including phenoxy) is 4. The lowest BCUT2D eigenvalue weighted by atomic mass is 9.90. The van der Waals surface area contributed by atoms with Gasteiger partial charge < -0.3 is 29.4 Å². The molecule has 0 aromatic heterocycles. The zero-order valence-electron chi connectivity index (χ0n) is 25.7. The van der Waals surface area contributed by atoms with Crippen LogP contribution in [0, 0.1) is 17.8 Å². The molecule has 2 aromatic carbocycles. The summed E-state index contributed by atoms with van der Waals surface area (Å²) in [4.78, 5) is 13.5. The largest absolute Gasteiger partial charge is 0.497 e. The third-order valence-corrected chi connectivity index (χ3v) is 9.72. The Hall–Kier alpha value is -2.54. The van der Waals surface area contributed by atoms with E-state index >= 15 is 0 Å². The highest BCUT2D eigenvalue weighted by Crippen LogP contribution is 2.34. The molecule has 0 spiro atoms. The molecule has 2 aliphatic heterocycles. The number of esters is 1. The molecule has 11 heteroatoms. The van der Waals surface area contributed by atoms with E-state index < -0.39 is 40.4 Å². The number of methoxy groups -OCH3 is 1. The van der Waals surface area contributed by atoms with E-state index in [0.717, 1.165) is 5.56 Å². The number of fused-ring (bicyclic) bond motifs is 1. The summed E-state index contributed by atoms with van der Waals surface area (Å²) in [6, 6.07) is 16.0. The number of aliphatic hydroxyl groups is 1. The van der Waals surface area contributed by atoms with Crippen molar-refractivity contribution in [2.24, 2.45) is 17.8 Å². The minimum absolute atomic E-state index is 0.00348. The van der Waals surface area contributed by atoms with Gasteiger partial charge >= 0.3 is 5.97 Å². The highest BCUT2D eigenvalue weighted by molar-refractivity contribution is 7.89. The molecule has 0 bridgehead atoms. The molecule has 0 unspecified atom stereocenters. The quantitative estimate of drug-likeness (QED) is 0.290. The Morgan fingerprint density at radius 1 is 1.02 bits per heavy atom. The summed E-state index contributed by atoms with van der Waals surface area (Å²) in [6.45, 7) is 8.72. The molecule has 6 atom stereocenters. The van der Waals surface area contributed by atoms with Crippen LogP contribution in [-0.2, 0) is 35.4 Å². The van der Waals surface area contributed by atoms with E-state index in [4.69, 9.17) is 18.9 Å². The molecule has 2 N–H and O–H groups in total. The highest BCUT2D eigenvalue weighted by Gasteiger charge is 2.50. The van der Waals surface area contributed by atoms with Crippen molar-refractivity contribution in [2.45, 2.75) is 76.0 Å². The fourth-order valence-electron chi connectivity index (χ4n) is 5.83. The van der Waals surface area contributed by atoms with Gasteiger partial charge in [-0.15, -0.1) is 0 Å². The fraction of sp³-hybridized carbons (Fsp3) is 0.594. The Morgan fingerprint density at radius 2 is 1.70 bits per heavy atom. The standard InChI is InChI=1S/C32H46N2O8S/c1-21(2)17-34(43(37,38)26-13-11-25(39-5)12-14-26)18-28(35)24(15-23-9-7-6-8-10-23)16-30(36)42-29-20-41-32-31(29)27(19-40-32)33-22(3)4/h6-14,21-22,24,27-29,31-33,35H,15-20H2,1-5H3/t24-,27+,28-,29+,31+,32-/m1/s1. The molecule has 2 aromatic rings. The molecule has 10 nitrogen and oxygen atoms in total. The van der Waals surface area contributed by atoms with Gasteiger partial charge in [0.2, 0.25) is 10.0 Å². The van der Waals surface area contributed by atoms with Crippen LogP contribution in [0.4, 0.5) is 0 Å². The van der Waals surface area contributed by atoms with Crippen molar-refractivity contribution >= 4 is 16.0 Å². The van der Waals surface area contributed by atoms with Gasteiger partial charge in [-0.25, -0.2) is 8.42 Å². The van der Waals surface area contributed by atoms with Crippen LogP contribution in [0.1, 0.15) is 39.7 Å². The Morgan fingerprint density at radius 3 is 2.33 bits per heavy atom. The lowest BCUT2D eigenvalue weighted by Gasteiger charge is -2.30. The third kappa shape index (κ3) is 8.77. The second kappa shape index (κ2) is 15.0. The van der Waals surface area contributed by atoms with Gasteiger partial charge in [-0.1, -0.05) is 58.0 Å². The predicted molar refractivity (Wildman–Crippen MR) is 162 cm³/mol. The molecule has 238 valence electrons. The monoisotopic (exact) mass is 618 g/mol. The summed E-state index contributed by atoms with van der Waals surface area (Å²) in [7, 11) is -2.41. The summed E-state index contributed by atoms with van der Waals surface area (Å²) >= 11 is 0. The molecule has 2 aliphatic rings. The normalized spacial score (nSPS) is 23.5. The van der Waals surface area contributed by atoms with E-state index in [2.05, 4.69) is 19.2 Å². The van der Waals surface area contributed by atoms with Gasteiger partial charge in [0.25, 0.3) is 0 Å². The van der Waals surface area contributed by atoms with E-state index in [1.165, 1.54) is 23.5 Å². The van der Waals surface area contributed by atoms with Crippen molar-refractivity contribution in [3.8, 4) is 5.75 Å². The topological polar surface area (TPSA) is 124 Å². The maximum atomic E-state index is 13.7. The van der Waals surface area contributed by atoms with Crippen molar-refractivity contribution in [3.05, 3.63) is 60.2 Å². The lowest BCUT2D eigenvalue weighted by Crippen LogP contribution is -2.45. The first kappa shape index (κ1) is 33.4. The van der Waals surface area contributed by atoms with Crippen LogP contribution >= 0.6 is 0 Å². The number of aliphatic hydroxyl groups excluding tert-OH is 1. The van der Waals surface area contributed by atoms with Crippen LogP contribution in [0.5, 0.6) is 5.75 Å². The van der Waals surface area contributed by atoms with Crippen molar-refractivity contribution in [3.63, 3.8) is 0 Å². The molecule has 0 amide bonds. The predicted octanol–water partition coefficient (Wildman–Crippen LogP) is 3.23. The molecule has 2 fully saturated rings. The van der Waals surface area contributed by atoms with Crippen molar-refractivity contribution < 1.29 is 37.3 Å². The average Bonchev–Trinajstić information content (AvgIpc) is 3.55. The zero-order valence-corrected chi connectivity index (χ0v) is 26.5. The molecular weight excluding hydrogens is 572 g/mol. The van der Waals surface area contributed by atoms with Gasteiger partial charge in [0.1, 0.15) is 11.9 Å². The van der Waals surface area contributed by atoms with E-state index in [0.29, 0.717) is 18.8 Å². The Labute approximate surface area is 255 Å². The molecule has 0 radical (unpaired) electrons. The van der Waals surface area contributed by atoms with Crippen LogP contribution in [0.2, 0.25) is 0 Å². The number of nitrogens with zero attached hydrogens (tertiary/aromatic N) is 1. The molecule has 0 aliphatic carbocycles. The summed E-state index contributed by atoms with van der Waals surface area (Å²) < 4.78 is 51.4. The number of sulfonamides is 1. The number of carbonyl (C=O) groups is 1. The number of rotatable bonds is 15. The van der Waals surface area contributed by atoms with Crippen LogP contribution in [-0.4, -0.2) is 87.8 Å². The maximum Gasteiger partial charge on any atom is 0.306 e. The first-order valence-electron chi connectivity index (χ1n) is 15.0. The number of nitrogens with one attached hydrogen (secondary N) is 1. The summed E-state index contributed by atoms with van der Waals surface area (Å²) in [5, 5.41) is 15.0. The van der Waals surface area contributed by atoms with Crippen LogP contribution in [0.25, 0.3) is 0 Å². The van der Waals surface area contributed by atoms with Gasteiger partial charge in [-0.05, 0) is 42.2 Å². The van der Waals surface area contributed by atoms with Gasteiger partial charge in [0.05, 0.1) is 43.7 Å². The number of carbonyl (C=O) groups excluding carboxylic acids is 1. The van der Waals surface area contributed by atoms with Crippen LogP contribution < -0.4 is 10.1 Å². The van der Waals surface area contributed by atoms with Gasteiger partial charge in [-0.2, -0.15) is 4.31 Å². The van der Waals surface area contributed by atoms with Crippen molar-refractivity contribution in [1.29, 1.82) is 0 Å². The molecule has 2 saturated heterocycles. The summed E-state index contributed by atoms with van der Waals surface area (Å²) in [6.07, 6.45) is -1.72. The Bertz CT molecular complexity index is 1270. The highest BCUT2D eigenvalue weighted by atomic mass is 32.2. The molecule has 4 rings (SSSR count). The zero-order chi connectivity index (χ0) is 31.1. The SMILES string of the molecule is COc1ccc(S(=O)(=O)N(CC(C)C)C[C@@H](O)[C@@H](CC(=O)O[C@H]2CO[C@H]3OC[C@H](NC(C)C)[C@H]32)Cc2ccccc2)cc1. The van der Waals surface area contributed by atoms with Gasteiger partial charge in [0.15, 0.2) is 6.29 Å². The first-order valence-corrected chi connectivity index (χ1v) is 16.5. The van der Waals surface area contributed by atoms with Gasteiger partial charge in [-0.3, -0.25) is 4.79 Å².